The fourth-order valence-corrected chi connectivity index (χ4v) is 1.78. The Balaban J connectivity index is 3.12. The summed E-state index contributed by atoms with van der Waals surface area (Å²) in [5.41, 5.74) is 0.0684. The highest BCUT2D eigenvalue weighted by atomic mass is 16.5. The van der Waals surface area contributed by atoms with Gasteiger partial charge in [-0.05, 0) is 19.9 Å². The van der Waals surface area contributed by atoms with E-state index in [0.29, 0.717) is 0 Å². The zero-order chi connectivity index (χ0) is 13.2. The Hall–Kier alpha value is -1.36. The topological polar surface area (TPSA) is 64.3 Å². The maximum absolute atomic E-state index is 11.4. The second kappa shape index (κ2) is 4.87. The van der Waals surface area contributed by atoms with Gasteiger partial charge in [0, 0.05) is 23.3 Å². The summed E-state index contributed by atoms with van der Waals surface area (Å²) in [5.74, 6) is -0.633. The summed E-state index contributed by atoms with van der Waals surface area (Å²) in [6.45, 7) is 7.59. The van der Waals surface area contributed by atoms with Gasteiger partial charge in [0.15, 0.2) is 6.10 Å². The van der Waals surface area contributed by atoms with Crippen LogP contribution in [0.5, 0.6) is 0 Å². The molecule has 0 saturated carbocycles. The predicted molar refractivity (Wildman–Crippen MR) is 63.7 cm³/mol. The average molecular weight is 240 g/mol. The van der Waals surface area contributed by atoms with Crippen LogP contribution in [0.4, 0.5) is 0 Å². The molecule has 0 radical (unpaired) electrons. The molecule has 0 aromatic carbocycles. The number of rotatable bonds is 4. The normalized spacial score (nSPS) is 13.8. The summed E-state index contributed by atoms with van der Waals surface area (Å²) in [4.78, 5) is 11.4. The van der Waals surface area contributed by atoms with E-state index in [0.717, 1.165) is 5.69 Å². The fourth-order valence-electron chi connectivity index (χ4n) is 1.78. The van der Waals surface area contributed by atoms with Gasteiger partial charge >= 0.3 is 5.97 Å². The van der Waals surface area contributed by atoms with Crippen LogP contribution in [-0.2, 0) is 14.9 Å². The summed E-state index contributed by atoms with van der Waals surface area (Å²) >= 11 is 0. The molecule has 0 aliphatic rings. The van der Waals surface area contributed by atoms with Crippen LogP contribution in [0.1, 0.15) is 39.4 Å². The summed E-state index contributed by atoms with van der Waals surface area (Å²) < 4.78 is 6.38. The van der Waals surface area contributed by atoms with Crippen molar-refractivity contribution in [2.24, 2.45) is 0 Å². The Labute approximate surface area is 101 Å². The molecular formula is C12H20N2O3. The first-order valence-electron chi connectivity index (χ1n) is 5.62. The second-order valence-corrected chi connectivity index (χ2v) is 4.90. The van der Waals surface area contributed by atoms with Gasteiger partial charge in [-0.25, -0.2) is 4.79 Å². The number of nitrogens with zero attached hydrogens (tertiary/aromatic N) is 2. The first-order chi connectivity index (χ1) is 7.82. The molecule has 1 rings (SSSR count). The Bertz CT molecular complexity index is 396. The summed E-state index contributed by atoms with van der Waals surface area (Å²) in [6, 6.07) is 1.98. The molecule has 1 N–H and O–H groups in total. The van der Waals surface area contributed by atoms with E-state index < -0.39 is 17.5 Å². The largest absolute Gasteiger partial charge is 0.467 e. The molecule has 0 amide bonds. The molecular weight excluding hydrogens is 220 g/mol. The Morgan fingerprint density at radius 3 is 2.59 bits per heavy atom. The first-order valence-corrected chi connectivity index (χ1v) is 5.62. The highest BCUT2D eigenvalue weighted by Crippen LogP contribution is 2.29. The van der Waals surface area contributed by atoms with E-state index in [2.05, 4.69) is 9.84 Å². The number of carbonyl (C=O) groups is 1. The molecule has 0 aliphatic carbocycles. The number of aliphatic hydroxyl groups excluding tert-OH is 1. The molecule has 0 aliphatic heterocycles. The third-order valence-corrected chi connectivity index (χ3v) is 2.93. The van der Waals surface area contributed by atoms with Gasteiger partial charge < -0.3 is 9.84 Å². The maximum atomic E-state index is 11.4. The minimum Gasteiger partial charge on any atom is -0.467 e. The Morgan fingerprint density at radius 2 is 2.12 bits per heavy atom. The van der Waals surface area contributed by atoms with Crippen LogP contribution in [0, 0.1) is 0 Å². The maximum Gasteiger partial charge on any atom is 0.335 e. The standard InChI is InChI=1S/C12H20N2O3/c1-8(2)14-9(6-7-13-14)12(3,4)10(15)11(16)17-5/h6-8,10,15H,1-5H3. The van der Waals surface area contributed by atoms with Crippen molar-refractivity contribution in [1.29, 1.82) is 0 Å². The van der Waals surface area contributed by atoms with Gasteiger partial charge in [-0.1, -0.05) is 13.8 Å². The molecule has 1 aromatic rings. The molecule has 0 bridgehead atoms. The van der Waals surface area contributed by atoms with Gasteiger partial charge in [0.2, 0.25) is 0 Å². The van der Waals surface area contributed by atoms with Crippen LogP contribution in [0.2, 0.25) is 0 Å². The first kappa shape index (κ1) is 13.7. The van der Waals surface area contributed by atoms with E-state index in [-0.39, 0.29) is 6.04 Å². The lowest BCUT2D eigenvalue weighted by molar-refractivity contribution is -0.154. The van der Waals surface area contributed by atoms with Crippen molar-refractivity contribution in [2.45, 2.75) is 45.3 Å². The molecule has 0 saturated heterocycles. The molecule has 5 nitrogen and oxygen atoms in total. The third kappa shape index (κ3) is 2.49. The number of methoxy groups -OCH3 is 1. The van der Waals surface area contributed by atoms with Crippen LogP contribution in [-0.4, -0.2) is 34.1 Å². The van der Waals surface area contributed by atoms with Crippen molar-refractivity contribution in [1.82, 2.24) is 9.78 Å². The van der Waals surface area contributed by atoms with Gasteiger partial charge in [0.1, 0.15) is 0 Å². The predicted octanol–water partition coefficient (Wildman–Crippen LogP) is 1.28. The summed E-state index contributed by atoms with van der Waals surface area (Å²) in [6.07, 6.45) is 0.461. The molecule has 1 heterocycles. The highest BCUT2D eigenvalue weighted by Gasteiger charge is 2.38. The Morgan fingerprint density at radius 1 is 1.53 bits per heavy atom. The molecule has 0 spiro atoms. The van der Waals surface area contributed by atoms with Crippen LogP contribution in [0.3, 0.4) is 0 Å². The monoisotopic (exact) mass is 240 g/mol. The average Bonchev–Trinajstić information content (AvgIpc) is 2.76. The van der Waals surface area contributed by atoms with Crippen LogP contribution >= 0.6 is 0 Å². The number of esters is 1. The van der Waals surface area contributed by atoms with Gasteiger partial charge in [-0.15, -0.1) is 0 Å². The third-order valence-electron chi connectivity index (χ3n) is 2.93. The van der Waals surface area contributed by atoms with Crippen molar-refractivity contribution in [3.63, 3.8) is 0 Å². The zero-order valence-corrected chi connectivity index (χ0v) is 11.0. The van der Waals surface area contributed by atoms with E-state index in [9.17, 15) is 9.90 Å². The lowest BCUT2D eigenvalue weighted by atomic mass is 9.82. The Kier molecular flexibility index (Phi) is 3.93. The lowest BCUT2D eigenvalue weighted by Gasteiger charge is -2.30. The zero-order valence-electron chi connectivity index (χ0n) is 11.0. The van der Waals surface area contributed by atoms with E-state index in [1.54, 1.807) is 24.7 Å². The summed E-state index contributed by atoms with van der Waals surface area (Å²) in [7, 11) is 1.27. The molecule has 1 unspecified atom stereocenters. The van der Waals surface area contributed by atoms with Gasteiger partial charge in [-0.2, -0.15) is 5.10 Å². The fraction of sp³-hybridized carbons (Fsp3) is 0.667. The number of hydrogen-bond acceptors (Lipinski definition) is 4. The van der Waals surface area contributed by atoms with E-state index in [1.165, 1.54) is 7.11 Å². The smallest absolute Gasteiger partial charge is 0.335 e. The SMILES string of the molecule is COC(=O)C(O)C(C)(C)c1ccnn1C(C)C. The van der Waals surface area contributed by atoms with Crippen molar-refractivity contribution in [3.05, 3.63) is 18.0 Å². The minimum atomic E-state index is -1.21. The number of hydrogen-bond donors (Lipinski definition) is 1. The number of ether oxygens (including phenoxy) is 1. The molecule has 0 fully saturated rings. The lowest BCUT2D eigenvalue weighted by Crippen LogP contribution is -2.42. The molecule has 1 atom stereocenters. The van der Waals surface area contributed by atoms with Crippen molar-refractivity contribution in [2.75, 3.05) is 7.11 Å². The summed E-state index contributed by atoms with van der Waals surface area (Å²) in [5, 5.41) is 14.2. The van der Waals surface area contributed by atoms with E-state index in [4.69, 9.17) is 0 Å². The van der Waals surface area contributed by atoms with Crippen LogP contribution < -0.4 is 0 Å². The molecule has 1 aromatic heterocycles. The molecule has 96 valence electrons. The van der Waals surface area contributed by atoms with Gasteiger partial charge in [0.25, 0.3) is 0 Å². The van der Waals surface area contributed by atoms with Crippen LogP contribution in [0.25, 0.3) is 0 Å². The van der Waals surface area contributed by atoms with E-state index in [1.807, 2.05) is 19.9 Å². The van der Waals surface area contributed by atoms with Gasteiger partial charge in [-0.3, -0.25) is 4.68 Å². The molecule has 17 heavy (non-hydrogen) atoms. The second-order valence-electron chi connectivity index (χ2n) is 4.90. The van der Waals surface area contributed by atoms with Crippen LogP contribution in [0.15, 0.2) is 12.3 Å². The molecule has 5 heteroatoms. The van der Waals surface area contributed by atoms with E-state index >= 15 is 0 Å². The van der Waals surface area contributed by atoms with Crippen molar-refractivity contribution >= 4 is 5.97 Å². The van der Waals surface area contributed by atoms with Gasteiger partial charge in [0.05, 0.1) is 7.11 Å². The minimum absolute atomic E-state index is 0.170. The number of carbonyl (C=O) groups excluding carboxylic acids is 1. The number of aliphatic hydroxyl groups is 1. The van der Waals surface area contributed by atoms with Crippen molar-refractivity contribution < 1.29 is 14.6 Å². The van der Waals surface area contributed by atoms with Crippen molar-refractivity contribution in [3.8, 4) is 0 Å². The quantitative estimate of drug-likeness (QED) is 0.805. The number of aromatic nitrogens is 2. The highest BCUT2D eigenvalue weighted by molar-refractivity contribution is 5.76.